The van der Waals surface area contributed by atoms with E-state index in [2.05, 4.69) is 5.32 Å². The summed E-state index contributed by atoms with van der Waals surface area (Å²) in [4.78, 5) is 24.6. The Hall–Kier alpha value is -3.22. The van der Waals surface area contributed by atoms with Gasteiger partial charge in [-0.3, -0.25) is 4.79 Å². The molecule has 31 heavy (non-hydrogen) atoms. The molecule has 0 saturated carbocycles. The number of ether oxygens (including phenoxy) is 4. The highest BCUT2D eigenvalue weighted by atomic mass is 16.6. The van der Waals surface area contributed by atoms with E-state index in [-0.39, 0.29) is 5.78 Å². The Morgan fingerprint density at radius 3 is 1.94 bits per heavy atom. The molecule has 0 radical (unpaired) electrons. The van der Waals surface area contributed by atoms with E-state index in [1.807, 2.05) is 32.9 Å². The van der Waals surface area contributed by atoms with E-state index in [1.54, 1.807) is 24.3 Å². The van der Waals surface area contributed by atoms with Crippen LogP contribution in [0.4, 0.5) is 4.79 Å². The predicted octanol–water partition coefficient (Wildman–Crippen LogP) is 4.40. The van der Waals surface area contributed by atoms with Crippen molar-refractivity contribution in [3.8, 4) is 17.2 Å². The molecule has 2 aromatic carbocycles. The molecular formula is C24H31NO6. The number of hydrogen-bond acceptors (Lipinski definition) is 6. The van der Waals surface area contributed by atoms with Crippen LogP contribution in [0.15, 0.2) is 36.4 Å². The fourth-order valence-electron chi connectivity index (χ4n) is 3.00. The van der Waals surface area contributed by atoms with Crippen molar-refractivity contribution in [1.82, 2.24) is 5.32 Å². The van der Waals surface area contributed by atoms with Crippen molar-refractivity contribution in [2.24, 2.45) is 0 Å². The van der Waals surface area contributed by atoms with Crippen molar-refractivity contribution in [3.05, 3.63) is 53.1 Å². The molecule has 0 fully saturated rings. The fraction of sp³-hybridized carbons (Fsp3) is 0.417. The summed E-state index contributed by atoms with van der Waals surface area (Å²) in [5.74, 6) is 1.16. The number of rotatable bonds is 9. The topological polar surface area (TPSA) is 83.1 Å². The number of carbonyl (C=O) groups is 2. The van der Waals surface area contributed by atoms with Crippen molar-refractivity contribution in [2.45, 2.75) is 39.2 Å². The third kappa shape index (κ3) is 6.91. The van der Waals surface area contributed by atoms with Crippen LogP contribution in [0.1, 0.15) is 48.7 Å². The summed E-state index contributed by atoms with van der Waals surface area (Å²) in [6, 6.07) is 10.7. The predicted molar refractivity (Wildman–Crippen MR) is 119 cm³/mol. The zero-order valence-electron chi connectivity index (χ0n) is 19.0. The van der Waals surface area contributed by atoms with Crippen LogP contribution in [-0.2, 0) is 11.2 Å². The molecule has 0 unspecified atom stereocenters. The average Bonchev–Trinajstić information content (AvgIpc) is 2.74. The van der Waals surface area contributed by atoms with Gasteiger partial charge in [0.15, 0.2) is 17.3 Å². The van der Waals surface area contributed by atoms with Crippen molar-refractivity contribution in [2.75, 3.05) is 27.9 Å². The van der Waals surface area contributed by atoms with Gasteiger partial charge in [-0.05, 0) is 51.3 Å². The summed E-state index contributed by atoms with van der Waals surface area (Å²) >= 11 is 0. The van der Waals surface area contributed by atoms with Gasteiger partial charge >= 0.3 is 6.09 Å². The van der Waals surface area contributed by atoms with E-state index in [1.165, 1.54) is 21.3 Å². The first-order valence-corrected chi connectivity index (χ1v) is 10.1. The molecule has 0 atom stereocenters. The van der Waals surface area contributed by atoms with Gasteiger partial charge in [0.25, 0.3) is 0 Å². The number of aryl methyl sites for hydroxylation is 1. The Labute approximate surface area is 183 Å². The standard InChI is InChI=1S/C24H31NO6/c1-24(2,3)31-23(27)25-13-7-8-16-9-11-17(12-10-16)21(26)18-14-19(28-4)22(30-6)20(15-18)29-5/h9-12,14-15H,7-8,13H2,1-6H3,(H,25,27). The molecule has 0 heterocycles. The highest BCUT2D eigenvalue weighted by Gasteiger charge is 2.18. The molecule has 0 aliphatic carbocycles. The molecule has 1 N–H and O–H groups in total. The van der Waals surface area contributed by atoms with Crippen LogP contribution in [0.3, 0.4) is 0 Å². The zero-order chi connectivity index (χ0) is 23.0. The first kappa shape index (κ1) is 24.1. The first-order valence-electron chi connectivity index (χ1n) is 10.1. The normalized spacial score (nSPS) is 10.9. The van der Waals surface area contributed by atoms with E-state index >= 15 is 0 Å². The largest absolute Gasteiger partial charge is 0.493 e. The Bertz CT molecular complexity index is 874. The van der Waals surface area contributed by atoms with Crippen LogP contribution in [0.2, 0.25) is 0 Å². The fourth-order valence-corrected chi connectivity index (χ4v) is 3.00. The third-order valence-electron chi connectivity index (χ3n) is 4.45. The van der Waals surface area contributed by atoms with Gasteiger partial charge < -0.3 is 24.3 Å². The van der Waals surface area contributed by atoms with Gasteiger partial charge in [-0.25, -0.2) is 4.79 Å². The molecule has 168 valence electrons. The van der Waals surface area contributed by atoms with Crippen molar-refractivity contribution in [3.63, 3.8) is 0 Å². The molecule has 0 aliphatic rings. The first-order chi connectivity index (χ1) is 14.7. The van der Waals surface area contributed by atoms with Gasteiger partial charge in [0.1, 0.15) is 5.60 Å². The Kier molecular flexibility index (Phi) is 8.30. The van der Waals surface area contributed by atoms with Gasteiger partial charge in [-0.15, -0.1) is 0 Å². The van der Waals surface area contributed by atoms with Crippen molar-refractivity contribution in [1.29, 1.82) is 0 Å². The van der Waals surface area contributed by atoms with Crippen LogP contribution in [0.25, 0.3) is 0 Å². The zero-order valence-corrected chi connectivity index (χ0v) is 19.0. The minimum atomic E-state index is -0.510. The molecule has 1 amide bonds. The van der Waals surface area contributed by atoms with Gasteiger partial charge in [-0.1, -0.05) is 24.3 Å². The summed E-state index contributed by atoms with van der Waals surface area (Å²) in [5.41, 5.74) is 1.57. The summed E-state index contributed by atoms with van der Waals surface area (Å²) in [6.45, 7) is 6.00. The molecule has 0 aromatic heterocycles. The second-order valence-electron chi connectivity index (χ2n) is 7.97. The number of alkyl carbamates (subject to hydrolysis) is 1. The highest BCUT2D eigenvalue weighted by Crippen LogP contribution is 2.38. The number of benzene rings is 2. The van der Waals surface area contributed by atoms with Crippen LogP contribution < -0.4 is 19.5 Å². The van der Waals surface area contributed by atoms with Crippen LogP contribution in [0.5, 0.6) is 17.2 Å². The van der Waals surface area contributed by atoms with E-state index in [4.69, 9.17) is 18.9 Å². The molecule has 0 aliphatic heterocycles. The minimum Gasteiger partial charge on any atom is -0.493 e. The Balaban J connectivity index is 1.99. The van der Waals surface area contributed by atoms with E-state index in [9.17, 15) is 9.59 Å². The maximum Gasteiger partial charge on any atom is 0.407 e. The highest BCUT2D eigenvalue weighted by molar-refractivity contribution is 6.09. The minimum absolute atomic E-state index is 0.141. The summed E-state index contributed by atoms with van der Waals surface area (Å²) in [7, 11) is 4.54. The molecule has 0 saturated heterocycles. The summed E-state index contributed by atoms with van der Waals surface area (Å²) in [6.07, 6.45) is 1.12. The number of amides is 1. The Morgan fingerprint density at radius 2 is 1.45 bits per heavy atom. The van der Waals surface area contributed by atoms with Gasteiger partial charge in [-0.2, -0.15) is 0 Å². The van der Waals surface area contributed by atoms with E-state index in [0.717, 1.165) is 18.4 Å². The van der Waals surface area contributed by atoms with Crippen molar-refractivity contribution < 1.29 is 28.5 Å². The lowest BCUT2D eigenvalue weighted by atomic mass is 10.00. The Morgan fingerprint density at radius 1 is 0.871 bits per heavy atom. The van der Waals surface area contributed by atoms with E-state index in [0.29, 0.717) is 34.9 Å². The third-order valence-corrected chi connectivity index (χ3v) is 4.45. The second-order valence-corrected chi connectivity index (χ2v) is 7.97. The van der Waals surface area contributed by atoms with Gasteiger partial charge in [0, 0.05) is 17.7 Å². The number of carbonyl (C=O) groups excluding carboxylic acids is 2. The lowest BCUT2D eigenvalue weighted by molar-refractivity contribution is 0.0527. The summed E-state index contributed by atoms with van der Waals surface area (Å²) in [5, 5.41) is 2.74. The number of ketones is 1. The maximum atomic E-state index is 12.9. The SMILES string of the molecule is COc1cc(C(=O)c2ccc(CCCNC(=O)OC(C)(C)C)cc2)cc(OC)c1OC. The summed E-state index contributed by atoms with van der Waals surface area (Å²) < 4.78 is 21.2. The molecule has 7 nitrogen and oxygen atoms in total. The smallest absolute Gasteiger partial charge is 0.407 e. The second kappa shape index (κ2) is 10.7. The number of methoxy groups -OCH3 is 3. The quantitative estimate of drug-likeness (QED) is 0.470. The monoisotopic (exact) mass is 429 g/mol. The van der Waals surface area contributed by atoms with Gasteiger partial charge in [0.05, 0.1) is 21.3 Å². The van der Waals surface area contributed by atoms with Crippen molar-refractivity contribution >= 4 is 11.9 Å². The van der Waals surface area contributed by atoms with Gasteiger partial charge in [0.2, 0.25) is 5.75 Å². The lowest BCUT2D eigenvalue weighted by Crippen LogP contribution is -2.33. The molecule has 2 aromatic rings. The molecular weight excluding hydrogens is 398 g/mol. The van der Waals surface area contributed by atoms with Crippen LogP contribution >= 0.6 is 0 Å². The van der Waals surface area contributed by atoms with Crippen LogP contribution in [-0.4, -0.2) is 45.4 Å². The molecule has 0 spiro atoms. The molecule has 2 rings (SSSR count). The number of hydrogen-bond donors (Lipinski definition) is 1. The molecule has 0 bridgehead atoms. The van der Waals surface area contributed by atoms with Crippen LogP contribution in [0, 0.1) is 0 Å². The molecule has 7 heteroatoms. The maximum absolute atomic E-state index is 12.9. The lowest BCUT2D eigenvalue weighted by Gasteiger charge is -2.19. The number of nitrogens with one attached hydrogen (secondary N) is 1. The van der Waals surface area contributed by atoms with E-state index < -0.39 is 11.7 Å². The average molecular weight is 430 g/mol.